The van der Waals surface area contributed by atoms with Gasteiger partial charge in [-0.15, -0.1) is 0 Å². The quantitative estimate of drug-likeness (QED) is 0.709. The first-order valence-corrected chi connectivity index (χ1v) is 6.88. The van der Waals surface area contributed by atoms with Crippen LogP contribution >= 0.6 is 0 Å². The van der Waals surface area contributed by atoms with Gasteiger partial charge in [0.05, 0.1) is 19.2 Å². The van der Waals surface area contributed by atoms with Crippen LogP contribution < -0.4 is 5.32 Å². The molecule has 5 heteroatoms. The molecule has 1 amide bonds. The number of hydrogen-bond acceptors (Lipinski definition) is 4. The first-order chi connectivity index (χ1) is 9.60. The van der Waals surface area contributed by atoms with Crippen molar-refractivity contribution in [2.75, 3.05) is 33.4 Å². The summed E-state index contributed by atoms with van der Waals surface area (Å²) in [5, 5.41) is 12.6. The summed E-state index contributed by atoms with van der Waals surface area (Å²) in [5.41, 5.74) is 0.928. The lowest BCUT2D eigenvalue weighted by atomic mass is 10.1. The van der Waals surface area contributed by atoms with Crippen LogP contribution in [0.5, 0.6) is 5.75 Å². The van der Waals surface area contributed by atoms with Gasteiger partial charge in [0.25, 0.3) is 0 Å². The molecule has 0 spiro atoms. The normalized spacial score (nSPS) is 12.2. The number of phenols is 1. The molecule has 112 valence electrons. The van der Waals surface area contributed by atoms with Crippen molar-refractivity contribution in [2.45, 2.75) is 19.9 Å². The second-order valence-electron chi connectivity index (χ2n) is 4.62. The zero-order valence-electron chi connectivity index (χ0n) is 12.4. The lowest BCUT2D eigenvalue weighted by Gasteiger charge is -2.28. The van der Waals surface area contributed by atoms with Crippen LogP contribution in [0.3, 0.4) is 0 Å². The van der Waals surface area contributed by atoms with Crippen molar-refractivity contribution in [1.82, 2.24) is 10.2 Å². The minimum Gasteiger partial charge on any atom is -0.508 e. The molecule has 0 saturated carbocycles. The molecule has 0 saturated heterocycles. The number of nitrogens with one attached hydrogen (secondary N) is 1. The van der Waals surface area contributed by atoms with Gasteiger partial charge in [0.2, 0.25) is 5.91 Å². The Morgan fingerprint density at radius 3 is 2.85 bits per heavy atom. The maximum Gasteiger partial charge on any atom is 0.237 e. The predicted octanol–water partition coefficient (Wildman–Crippen LogP) is 1.54. The van der Waals surface area contributed by atoms with Gasteiger partial charge in [-0.1, -0.05) is 12.1 Å². The fourth-order valence-corrected chi connectivity index (χ4v) is 2.10. The number of nitrogens with zero attached hydrogens (tertiary/aromatic N) is 1. The smallest absolute Gasteiger partial charge is 0.237 e. The lowest BCUT2D eigenvalue weighted by Crippen LogP contribution is -2.40. The second kappa shape index (κ2) is 8.55. The predicted molar refractivity (Wildman–Crippen MR) is 78.7 cm³/mol. The summed E-state index contributed by atoms with van der Waals surface area (Å²) < 4.78 is 4.93. The number of ether oxygens (including phenoxy) is 1. The minimum atomic E-state index is -0.0659. The average Bonchev–Trinajstić information content (AvgIpc) is 2.44. The van der Waals surface area contributed by atoms with Gasteiger partial charge in [0.15, 0.2) is 0 Å². The molecule has 2 N–H and O–H groups in total. The Kier molecular flexibility index (Phi) is 7.04. The number of carbonyl (C=O) groups excluding carboxylic acids is 1. The molecular weight excluding hydrogens is 256 g/mol. The summed E-state index contributed by atoms with van der Waals surface area (Å²) in [7, 11) is 1.63. The zero-order chi connectivity index (χ0) is 15.0. The van der Waals surface area contributed by atoms with E-state index in [0.29, 0.717) is 26.2 Å². The molecule has 0 aromatic heterocycles. The van der Waals surface area contributed by atoms with Crippen molar-refractivity contribution in [3.63, 3.8) is 0 Å². The molecule has 0 bridgehead atoms. The van der Waals surface area contributed by atoms with Gasteiger partial charge in [0, 0.05) is 20.2 Å². The van der Waals surface area contributed by atoms with E-state index in [2.05, 4.69) is 5.32 Å². The van der Waals surface area contributed by atoms with Crippen LogP contribution in [-0.4, -0.2) is 49.3 Å². The van der Waals surface area contributed by atoms with E-state index in [9.17, 15) is 9.90 Å². The van der Waals surface area contributed by atoms with Gasteiger partial charge in [-0.25, -0.2) is 0 Å². The number of methoxy groups -OCH3 is 1. The number of rotatable bonds is 8. The first-order valence-electron chi connectivity index (χ1n) is 6.88. The molecule has 0 heterocycles. The Bertz CT molecular complexity index is 423. The number of benzene rings is 1. The highest BCUT2D eigenvalue weighted by molar-refractivity contribution is 5.78. The van der Waals surface area contributed by atoms with Crippen molar-refractivity contribution >= 4 is 5.91 Å². The highest BCUT2D eigenvalue weighted by Gasteiger charge is 2.19. The topological polar surface area (TPSA) is 61.8 Å². The van der Waals surface area contributed by atoms with Crippen LogP contribution in [0.25, 0.3) is 0 Å². The van der Waals surface area contributed by atoms with E-state index in [1.54, 1.807) is 30.2 Å². The van der Waals surface area contributed by atoms with E-state index in [1.807, 2.05) is 19.9 Å². The van der Waals surface area contributed by atoms with Gasteiger partial charge in [-0.3, -0.25) is 4.79 Å². The molecule has 0 aliphatic rings. The van der Waals surface area contributed by atoms with Crippen molar-refractivity contribution in [1.29, 1.82) is 0 Å². The monoisotopic (exact) mass is 280 g/mol. The highest BCUT2D eigenvalue weighted by Crippen LogP contribution is 2.23. The third-order valence-electron chi connectivity index (χ3n) is 3.24. The summed E-state index contributed by atoms with van der Waals surface area (Å²) >= 11 is 0. The lowest BCUT2D eigenvalue weighted by molar-refractivity contribution is -0.132. The largest absolute Gasteiger partial charge is 0.508 e. The Morgan fingerprint density at radius 2 is 2.25 bits per heavy atom. The van der Waals surface area contributed by atoms with Gasteiger partial charge >= 0.3 is 0 Å². The third kappa shape index (κ3) is 4.83. The van der Waals surface area contributed by atoms with Crippen molar-refractivity contribution in [3.05, 3.63) is 29.8 Å². The van der Waals surface area contributed by atoms with E-state index in [-0.39, 0.29) is 17.7 Å². The van der Waals surface area contributed by atoms with Crippen LogP contribution in [0.15, 0.2) is 24.3 Å². The van der Waals surface area contributed by atoms with E-state index < -0.39 is 0 Å². The molecule has 1 unspecified atom stereocenters. The standard InChI is InChI=1S/C15H24N2O3/c1-4-17(15(19)11-16-8-9-20-3)12(2)13-6-5-7-14(18)10-13/h5-7,10,12,16,18H,4,8-9,11H2,1-3H3. The molecule has 1 aromatic rings. The van der Waals surface area contributed by atoms with Crippen LogP contribution in [0, 0.1) is 0 Å². The second-order valence-corrected chi connectivity index (χ2v) is 4.62. The number of likely N-dealkylation sites (N-methyl/N-ethyl adjacent to an activating group) is 1. The average molecular weight is 280 g/mol. The molecule has 0 aliphatic heterocycles. The van der Waals surface area contributed by atoms with E-state index in [1.165, 1.54) is 0 Å². The maximum absolute atomic E-state index is 12.2. The molecule has 5 nitrogen and oxygen atoms in total. The van der Waals surface area contributed by atoms with Gasteiger partial charge in [-0.05, 0) is 31.5 Å². The molecule has 1 atom stereocenters. The van der Waals surface area contributed by atoms with Gasteiger partial charge in [0.1, 0.15) is 5.75 Å². The number of aromatic hydroxyl groups is 1. The van der Waals surface area contributed by atoms with E-state index >= 15 is 0 Å². The minimum absolute atomic E-state index is 0.0412. The summed E-state index contributed by atoms with van der Waals surface area (Å²) in [6.07, 6.45) is 0. The fraction of sp³-hybridized carbons (Fsp3) is 0.533. The van der Waals surface area contributed by atoms with Crippen molar-refractivity contribution in [3.8, 4) is 5.75 Å². The van der Waals surface area contributed by atoms with Crippen molar-refractivity contribution in [2.24, 2.45) is 0 Å². The first kappa shape index (κ1) is 16.5. The number of carbonyl (C=O) groups is 1. The summed E-state index contributed by atoms with van der Waals surface area (Å²) in [6, 6.07) is 6.96. The van der Waals surface area contributed by atoms with Crippen LogP contribution in [0.4, 0.5) is 0 Å². The molecule has 20 heavy (non-hydrogen) atoms. The van der Waals surface area contributed by atoms with E-state index in [4.69, 9.17) is 4.74 Å². The Hall–Kier alpha value is -1.59. The molecule has 0 aliphatic carbocycles. The van der Waals surface area contributed by atoms with Crippen molar-refractivity contribution < 1.29 is 14.6 Å². The van der Waals surface area contributed by atoms with Crippen LogP contribution in [0.2, 0.25) is 0 Å². The Balaban J connectivity index is 2.62. The SMILES string of the molecule is CCN(C(=O)CNCCOC)C(C)c1cccc(O)c1. The van der Waals surface area contributed by atoms with Gasteiger partial charge < -0.3 is 20.1 Å². The Morgan fingerprint density at radius 1 is 1.50 bits per heavy atom. The van der Waals surface area contributed by atoms with Crippen LogP contribution in [-0.2, 0) is 9.53 Å². The fourth-order valence-electron chi connectivity index (χ4n) is 2.10. The summed E-state index contributed by atoms with van der Waals surface area (Å²) in [6.45, 7) is 6.07. The Labute approximate surface area is 120 Å². The number of hydrogen-bond donors (Lipinski definition) is 2. The molecule has 1 rings (SSSR count). The molecule has 1 aromatic carbocycles. The number of amides is 1. The van der Waals surface area contributed by atoms with Crippen LogP contribution in [0.1, 0.15) is 25.5 Å². The molecular formula is C15H24N2O3. The molecule has 0 radical (unpaired) electrons. The zero-order valence-corrected chi connectivity index (χ0v) is 12.4. The van der Waals surface area contributed by atoms with E-state index in [0.717, 1.165) is 5.56 Å². The molecule has 0 fully saturated rings. The highest BCUT2D eigenvalue weighted by atomic mass is 16.5. The maximum atomic E-state index is 12.2. The number of phenolic OH excluding ortho intramolecular Hbond substituents is 1. The third-order valence-corrected chi connectivity index (χ3v) is 3.24. The summed E-state index contributed by atoms with van der Waals surface area (Å²) in [4.78, 5) is 14.0. The van der Waals surface area contributed by atoms with Gasteiger partial charge in [-0.2, -0.15) is 0 Å². The summed E-state index contributed by atoms with van der Waals surface area (Å²) in [5.74, 6) is 0.260.